The average molecular weight is 249 g/mol. The van der Waals surface area contributed by atoms with Crippen LogP contribution in [0, 0.1) is 22.7 Å². The van der Waals surface area contributed by atoms with Crippen molar-refractivity contribution < 1.29 is 9.59 Å². The van der Waals surface area contributed by atoms with Crippen LogP contribution in [0.2, 0.25) is 0 Å². The van der Waals surface area contributed by atoms with E-state index in [1.165, 1.54) is 0 Å². The van der Waals surface area contributed by atoms with E-state index < -0.39 is 5.41 Å². The van der Waals surface area contributed by atoms with Crippen molar-refractivity contribution in [2.24, 2.45) is 17.1 Å². The Hall–Kier alpha value is -1.57. The number of hydrogen-bond donors (Lipinski definition) is 1. The molecule has 1 aliphatic carbocycles. The Kier molecular flexibility index (Phi) is 3.29. The highest BCUT2D eigenvalue weighted by atomic mass is 16.2. The lowest BCUT2D eigenvalue weighted by atomic mass is 9.68. The van der Waals surface area contributed by atoms with Gasteiger partial charge in [-0.05, 0) is 39.0 Å². The van der Waals surface area contributed by atoms with Crippen LogP contribution >= 0.6 is 0 Å². The second-order valence-corrected chi connectivity index (χ2v) is 5.53. The third kappa shape index (κ3) is 1.96. The van der Waals surface area contributed by atoms with Crippen LogP contribution in [-0.2, 0) is 9.59 Å². The molecule has 0 spiro atoms. The smallest absolute Gasteiger partial charge is 0.243 e. The summed E-state index contributed by atoms with van der Waals surface area (Å²) in [7, 11) is 0. The highest BCUT2D eigenvalue weighted by Gasteiger charge is 2.48. The molecule has 2 amide bonds. The number of nitriles is 1. The second kappa shape index (κ2) is 4.60. The van der Waals surface area contributed by atoms with E-state index in [1.807, 2.05) is 6.92 Å². The maximum absolute atomic E-state index is 12.5. The Balaban J connectivity index is 2.13. The molecule has 0 aromatic heterocycles. The zero-order chi connectivity index (χ0) is 13.3. The van der Waals surface area contributed by atoms with Crippen molar-refractivity contribution in [3.63, 3.8) is 0 Å². The predicted molar refractivity (Wildman–Crippen MR) is 65.0 cm³/mol. The van der Waals surface area contributed by atoms with Gasteiger partial charge >= 0.3 is 0 Å². The third-order valence-corrected chi connectivity index (χ3v) is 4.38. The number of piperidine rings is 1. The molecule has 5 nitrogen and oxygen atoms in total. The number of carbonyl (C=O) groups excluding carboxylic acids is 2. The van der Waals surface area contributed by atoms with Gasteiger partial charge in [0.05, 0.1) is 12.0 Å². The van der Waals surface area contributed by atoms with Crippen LogP contribution in [0.15, 0.2) is 0 Å². The molecule has 18 heavy (non-hydrogen) atoms. The summed E-state index contributed by atoms with van der Waals surface area (Å²) in [4.78, 5) is 25.4. The normalized spacial score (nSPS) is 30.1. The first-order valence-corrected chi connectivity index (χ1v) is 6.52. The fourth-order valence-corrected chi connectivity index (χ4v) is 2.80. The fraction of sp³-hybridized carbons (Fsp3) is 0.769. The van der Waals surface area contributed by atoms with Gasteiger partial charge in [0.15, 0.2) is 0 Å². The van der Waals surface area contributed by atoms with Gasteiger partial charge in [0.1, 0.15) is 5.41 Å². The lowest BCUT2D eigenvalue weighted by molar-refractivity contribution is -0.148. The van der Waals surface area contributed by atoms with E-state index in [1.54, 1.807) is 4.90 Å². The molecule has 2 aliphatic rings. The summed E-state index contributed by atoms with van der Waals surface area (Å²) in [6.45, 7) is 2.34. The molecule has 0 radical (unpaired) electrons. The molecule has 0 aromatic carbocycles. The van der Waals surface area contributed by atoms with Gasteiger partial charge in [0.25, 0.3) is 0 Å². The highest BCUT2D eigenvalue weighted by molar-refractivity contribution is 5.87. The van der Waals surface area contributed by atoms with Gasteiger partial charge in [-0.2, -0.15) is 5.26 Å². The molecule has 1 saturated heterocycles. The maximum atomic E-state index is 12.5. The molecule has 0 aromatic rings. The summed E-state index contributed by atoms with van der Waals surface area (Å²) < 4.78 is 0. The monoisotopic (exact) mass is 249 g/mol. The number of amides is 2. The molecule has 2 unspecified atom stereocenters. The standard InChI is InChI=1S/C13H19N3O2/c1-9-3-4-10(11(15)17)7-16(9)12(18)13(8-14)5-2-6-13/h9-10H,2-7H2,1H3,(H2,15,17). The zero-order valence-electron chi connectivity index (χ0n) is 10.7. The Morgan fingerprint density at radius 1 is 1.39 bits per heavy atom. The molecule has 98 valence electrons. The molecule has 0 bridgehead atoms. The van der Waals surface area contributed by atoms with Gasteiger partial charge in [-0.15, -0.1) is 0 Å². The molecule has 2 atom stereocenters. The number of hydrogen-bond acceptors (Lipinski definition) is 3. The van der Waals surface area contributed by atoms with E-state index >= 15 is 0 Å². The lowest BCUT2D eigenvalue weighted by Gasteiger charge is -2.43. The SMILES string of the molecule is CC1CCC(C(N)=O)CN1C(=O)C1(C#N)CCC1. The van der Waals surface area contributed by atoms with Crippen LogP contribution in [0.4, 0.5) is 0 Å². The Morgan fingerprint density at radius 3 is 2.50 bits per heavy atom. The number of nitrogens with zero attached hydrogens (tertiary/aromatic N) is 2. The summed E-state index contributed by atoms with van der Waals surface area (Å²) in [5.41, 5.74) is 4.50. The van der Waals surface area contributed by atoms with Crippen LogP contribution < -0.4 is 5.73 Å². The topological polar surface area (TPSA) is 87.2 Å². The van der Waals surface area contributed by atoms with E-state index in [0.717, 1.165) is 19.3 Å². The first kappa shape index (κ1) is 12.9. The molecule has 2 N–H and O–H groups in total. The minimum absolute atomic E-state index is 0.0962. The van der Waals surface area contributed by atoms with Gasteiger partial charge in [0.2, 0.25) is 11.8 Å². The van der Waals surface area contributed by atoms with Crippen LogP contribution in [0.3, 0.4) is 0 Å². The first-order chi connectivity index (χ1) is 8.50. The van der Waals surface area contributed by atoms with Crippen LogP contribution in [-0.4, -0.2) is 29.3 Å². The second-order valence-electron chi connectivity index (χ2n) is 5.53. The van der Waals surface area contributed by atoms with Crippen molar-refractivity contribution in [3.8, 4) is 6.07 Å². The Labute approximate surface area is 107 Å². The van der Waals surface area contributed by atoms with E-state index in [-0.39, 0.29) is 23.8 Å². The van der Waals surface area contributed by atoms with Crippen LogP contribution in [0.25, 0.3) is 0 Å². The predicted octanol–water partition coefficient (Wildman–Crippen LogP) is 0.793. The summed E-state index contributed by atoms with van der Waals surface area (Å²) in [6.07, 6.45) is 3.74. The minimum Gasteiger partial charge on any atom is -0.369 e. The van der Waals surface area contributed by atoms with E-state index in [9.17, 15) is 14.9 Å². The summed E-state index contributed by atoms with van der Waals surface area (Å²) in [5.74, 6) is -0.713. The minimum atomic E-state index is -0.826. The van der Waals surface area contributed by atoms with Crippen molar-refractivity contribution >= 4 is 11.8 Å². The number of carbonyl (C=O) groups is 2. The largest absolute Gasteiger partial charge is 0.369 e. The van der Waals surface area contributed by atoms with Crippen molar-refractivity contribution in [1.82, 2.24) is 4.90 Å². The number of primary amides is 1. The third-order valence-electron chi connectivity index (χ3n) is 4.38. The molecular weight excluding hydrogens is 230 g/mol. The Bertz CT molecular complexity index is 409. The molecule has 2 fully saturated rings. The van der Waals surface area contributed by atoms with Gasteiger partial charge < -0.3 is 10.6 Å². The Morgan fingerprint density at radius 2 is 2.06 bits per heavy atom. The van der Waals surface area contributed by atoms with Crippen molar-refractivity contribution in [3.05, 3.63) is 0 Å². The van der Waals surface area contributed by atoms with Gasteiger partial charge in [-0.3, -0.25) is 9.59 Å². The molecule has 1 saturated carbocycles. The van der Waals surface area contributed by atoms with Gasteiger partial charge in [0, 0.05) is 12.6 Å². The average Bonchev–Trinajstić information content (AvgIpc) is 2.28. The zero-order valence-corrected chi connectivity index (χ0v) is 10.7. The lowest BCUT2D eigenvalue weighted by Crippen LogP contribution is -2.55. The van der Waals surface area contributed by atoms with Crippen molar-refractivity contribution in [1.29, 1.82) is 5.26 Å². The molecule has 2 rings (SSSR count). The summed E-state index contributed by atoms with van der Waals surface area (Å²) in [5, 5.41) is 9.21. The summed E-state index contributed by atoms with van der Waals surface area (Å²) >= 11 is 0. The van der Waals surface area contributed by atoms with E-state index in [0.29, 0.717) is 19.4 Å². The quantitative estimate of drug-likeness (QED) is 0.785. The number of nitrogens with two attached hydrogens (primary N) is 1. The molecule has 1 heterocycles. The van der Waals surface area contributed by atoms with Gasteiger partial charge in [-0.1, -0.05) is 0 Å². The molecule has 5 heteroatoms. The molecule has 1 aliphatic heterocycles. The van der Waals surface area contributed by atoms with E-state index in [2.05, 4.69) is 6.07 Å². The highest BCUT2D eigenvalue weighted by Crippen LogP contribution is 2.43. The number of rotatable bonds is 2. The maximum Gasteiger partial charge on any atom is 0.243 e. The molecular formula is C13H19N3O2. The van der Waals surface area contributed by atoms with Crippen molar-refractivity contribution in [2.45, 2.75) is 45.1 Å². The van der Waals surface area contributed by atoms with Crippen LogP contribution in [0.1, 0.15) is 39.0 Å². The summed E-state index contributed by atoms with van der Waals surface area (Å²) in [6, 6.07) is 2.27. The first-order valence-electron chi connectivity index (χ1n) is 6.52. The van der Waals surface area contributed by atoms with Crippen molar-refractivity contribution in [2.75, 3.05) is 6.54 Å². The van der Waals surface area contributed by atoms with E-state index in [4.69, 9.17) is 5.73 Å². The van der Waals surface area contributed by atoms with Gasteiger partial charge in [-0.25, -0.2) is 0 Å². The number of likely N-dealkylation sites (tertiary alicyclic amines) is 1. The fourth-order valence-electron chi connectivity index (χ4n) is 2.80. The van der Waals surface area contributed by atoms with Crippen LogP contribution in [0.5, 0.6) is 0 Å².